The van der Waals surface area contributed by atoms with Crippen LogP contribution in [0.4, 0.5) is 13.2 Å². The lowest BCUT2D eigenvalue weighted by Crippen LogP contribution is -2.22. The number of furan rings is 1. The maximum atomic E-state index is 12.8. The van der Waals surface area contributed by atoms with E-state index in [9.17, 15) is 18.0 Å². The maximum absolute atomic E-state index is 12.8. The summed E-state index contributed by atoms with van der Waals surface area (Å²) in [4.78, 5) is 16.4. The number of benzene rings is 1. The molecule has 1 saturated carbocycles. The van der Waals surface area contributed by atoms with Crippen molar-refractivity contribution >= 4 is 5.91 Å². The molecule has 1 aliphatic carbocycles. The third kappa shape index (κ3) is 3.86. The number of halogens is 3. The third-order valence-corrected chi connectivity index (χ3v) is 4.13. The van der Waals surface area contributed by atoms with Crippen molar-refractivity contribution in [2.24, 2.45) is 0 Å². The summed E-state index contributed by atoms with van der Waals surface area (Å²) < 4.78 is 48.9. The Bertz CT molecular complexity index is 973. The molecule has 27 heavy (non-hydrogen) atoms. The number of amides is 1. The molecule has 0 radical (unpaired) electrons. The summed E-state index contributed by atoms with van der Waals surface area (Å²) >= 11 is 0. The predicted molar refractivity (Wildman–Crippen MR) is 86.6 cm³/mol. The molecule has 0 atom stereocenters. The first kappa shape index (κ1) is 17.3. The average Bonchev–Trinajstić information content (AvgIpc) is 3.19. The van der Waals surface area contributed by atoms with Crippen LogP contribution in [0.5, 0.6) is 0 Å². The maximum Gasteiger partial charge on any atom is 0.416 e. The van der Waals surface area contributed by atoms with Crippen molar-refractivity contribution < 1.29 is 26.9 Å². The molecular formula is C18H14F3N3O3. The van der Waals surface area contributed by atoms with Gasteiger partial charge in [-0.3, -0.25) is 4.79 Å². The molecule has 9 heteroatoms. The van der Waals surface area contributed by atoms with E-state index in [0.29, 0.717) is 11.7 Å². The van der Waals surface area contributed by atoms with Gasteiger partial charge in [0.05, 0.1) is 12.1 Å². The number of nitrogens with zero attached hydrogens (tertiary/aromatic N) is 2. The Kier molecular flexibility index (Phi) is 4.21. The van der Waals surface area contributed by atoms with E-state index in [-0.39, 0.29) is 29.5 Å². The monoisotopic (exact) mass is 377 g/mol. The summed E-state index contributed by atoms with van der Waals surface area (Å²) in [5.74, 6) is 0.890. The van der Waals surface area contributed by atoms with Crippen molar-refractivity contribution in [1.82, 2.24) is 15.5 Å². The zero-order valence-electron chi connectivity index (χ0n) is 13.9. The lowest BCUT2D eigenvalue weighted by atomic mass is 10.1. The van der Waals surface area contributed by atoms with Crippen LogP contribution in [0.2, 0.25) is 0 Å². The highest BCUT2D eigenvalue weighted by Gasteiger charge is 2.31. The molecule has 1 N–H and O–H groups in total. The molecule has 0 unspecified atom stereocenters. The summed E-state index contributed by atoms with van der Waals surface area (Å²) in [6.07, 6.45) is -2.38. The summed E-state index contributed by atoms with van der Waals surface area (Å²) in [6, 6.07) is 7.55. The zero-order valence-corrected chi connectivity index (χ0v) is 13.9. The van der Waals surface area contributed by atoms with E-state index in [1.807, 2.05) is 0 Å². The van der Waals surface area contributed by atoms with Crippen LogP contribution >= 0.6 is 0 Å². The molecule has 0 spiro atoms. The van der Waals surface area contributed by atoms with Crippen molar-refractivity contribution in [2.75, 3.05) is 0 Å². The fourth-order valence-corrected chi connectivity index (χ4v) is 2.55. The second kappa shape index (κ2) is 6.57. The Morgan fingerprint density at radius 3 is 2.78 bits per heavy atom. The topological polar surface area (TPSA) is 81.2 Å². The van der Waals surface area contributed by atoms with Gasteiger partial charge in [0, 0.05) is 11.5 Å². The lowest BCUT2D eigenvalue weighted by molar-refractivity contribution is -0.137. The van der Waals surface area contributed by atoms with Gasteiger partial charge in [0.2, 0.25) is 5.89 Å². The van der Waals surface area contributed by atoms with Gasteiger partial charge in [-0.1, -0.05) is 17.3 Å². The van der Waals surface area contributed by atoms with Crippen LogP contribution in [-0.4, -0.2) is 16.0 Å². The molecule has 2 aromatic heterocycles. The minimum atomic E-state index is -4.45. The Morgan fingerprint density at radius 1 is 1.22 bits per heavy atom. The second-order valence-corrected chi connectivity index (χ2v) is 6.25. The Morgan fingerprint density at radius 2 is 2.04 bits per heavy atom. The van der Waals surface area contributed by atoms with E-state index in [2.05, 4.69) is 15.5 Å². The van der Waals surface area contributed by atoms with Crippen molar-refractivity contribution in [1.29, 1.82) is 0 Å². The smallest absolute Gasteiger partial charge is 0.416 e. The fraction of sp³-hybridized carbons (Fsp3) is 0.278. The van der Waals surface area contributed by atoms with E-state index < -0.39 is 17.6 Å². The first-order valence-electron chi connectivity index (χ1n) is 8.28. The highest BCUT2D eigenvalue weighted by atomic mass is 19.4. The molecule has 1 aromatic carbocycles. The zero-order chi connectivity index (χ0) is 19.0. The molecule has 140 valence electrons. The lowest BCUT2D eigenvalue weighted by Gasteiger charge is -2.07. The molecule has 4 rings (SSSR count). The molecule has 3 aromatic rings. The first-order valence-corrected chi connectivity index (χ1v) is 8.28. The number of aromatic nitrogens is 2. The van der Waals surface area contributed by atoms with E-state index in [0.717, 1.165) is 25.0 Å². The van der Waals surface area contributed by atoms with Crippen LogP contribution in [-0.2, 0) is 12.7 Å². The van der Waals surface area contributed by atoms with Gasteiger partial charge in [0.25, 0.3) is 5.91 Å². The summed E-state index contributed by atoms with van der Waals surface area (Å²) in [5, 5.41) is 6.43. The number of carbonyl (C=O) groups excluding carboxylic acids is 1. The summed E-state index contributed by atoms with van der Waals surface area (Å²) in [5.41, 5.74) is -0.555. The Balaban J connectivity index is 1.43. The van der Waals surface area contributed by atoms with Crippen LogP contribution in [0.3, 0.4) is 0 Å². The highest BCUT2D eigenvalue weighted by molar-refractivity contribution is 5.91. The molecule has 0 bridgehead atoms. The fourth-order valence-electron chi connectivity index (χ4n) is 2.55. The average molecular weight is 377 g/mol. The molecule has 0 aliphatic heterocycles. The van der Waals surface area contributed by atoms with E-state index in [1.165, 1.54) is 24.3 Å². The summed E-state index contributed by atoms with van der Waals surface area (Å²) in [7, 11) is 0. The Hall–Kier alpha value is -3.10. The van der Waals surface area contributed by atoms with Crippen molar-refractivity contribution in [2.45, 2.75) is 31.5 Å². The number of nitrogens with one attached hydrogen (secondary N) is 1. The largest absolute Gasteiger partial charge is 0.451 e. The number of hydrogen-bond acceptors (Lipinski definition) is 5. The third-order valence-electron chi connectivity index (χ3n) is 4.13. The molecule has 1 aliphatic rings. The number of hydrogen-bond donors (Lipinski definition) is 1. The van der Waals surface area contributed by atoms with Gasteiger partial charge in [-0.05, 0) is 37.1 Å². The van der Waals surface area contributed by atoms with Crippen LogP contribution in [0, 0.1) is 0 Å². The van der Waals surface area contributed by atoms with Gasteiger partial charge in [0.15, 0.2) is 11.6 Å². The Labute approximate surface area is 151 Å². The van der Waals surface area contributed by atoms with Crippen LogP contribution in [0.15, 0.2) is 45.3 Å². The van der Waals surface area contributed by atoms with Gasteiger partial charge in [0.1, 0.15) is 5.76 Å². The second-order valence-electron chi connectivity index (χ2n) is 6.25. The highest BCUT2D eigenvalue weighted by Crippen LogP contribution is 2.38. The van der Waals surface area contributed by atoms with Gasteiger partial charge in [-0.15, -0.1) is 0 Å². The SMILES string of the molecule is O=C(NCc1nc(C2CC2)no1)c1ccc(-c2cccc(C(F)(F)F)c2)o1. The quantitative estimate of drug-likeness (QED) is 0.722. The van der Waals surface area contributed by atoms with Crippen molar-refractivity contribution in [3.63, 3.8) is 0 Å². The number of rotatable bonds is 5. The van der Waals surface area contributed by atoms with Gasteiger partial charge in [-0.2, -0.15) is 18.2 Å². The van der Waals surface area contributed by atoms with Crippen LogP contribution in [0.25, 0.3) is 11.3 Å². The standard InChI is InChI=1S/C18H14F3N3O3/c19-18(20,21)12-3-1-2-11(8-12)13-6-7-14(26-13)17(25)22-9-15-23-16(24-27-15)10-4-5-10/h1-3,6-8,10H,4-5,9H2,(H,22,25). The molecule has 1 fully saturated rings. The van der Waals surface area contributed by atoms with Crippen molar-refractivity contribution in [3.05, 3.63) is 59.4 Å². The van der Waals surface area contributed by atoms with E-state index in [1.54, 1.807) is 0 Å². The predicted octanol–water partition coefficient (Wildman–Crippen LogP) is 4.16. The molecular weight excluding hydrogens is 363 g/mol. The van der Waals surface area contributed by atoms with Crippen LogP contribution in [0.1, 0.15) is 46.6 Å². The van der Waals surface area contributed by atoms with Crippen molar-refractivity contribution in [3.8, 4) is 11.3 Å². The first-order chi connectivity index (χ1) is 12.9. The molecule has 0 saturated heterocycles. The molecule has 2 heterocycles. The van der Waals surface area contributed by atoms with Gasteiger partial charge >= 0.3 is 6.18 Å². The minimum Gasteiger partial charge on any atom is -0.451 e. The molecule has 1 amide bonds. The minimum absolute atomic E-state index is 0.0238. The van der Waals surface area contributed by atoms with Gasteiger partial charge in [-0.25, -0.2) is 0 Å². The van der Waals surface area contributed by atoms with Crippen LogP contribution < -0.4 is 5.32 Å². The normalized spacial score (nSPS) is 14.3. The van der Waals surface area contributed by atoms with E-state index in [4.69, 9.17) is 8.94 Å². The molecule has 6 nitrogen and oxygen atoms in total. The van der Waals surface area contributed by atoms with Gasteiger partial charge < -0.3 is 14.3 Å². The summed E-state index contributed by atoms with van der Waals surface area (Å²) in [6.45, 7) is 0.0398. The number of carbonyl (C=O) groups is 1. The van der Waals surface area contributed by atoms with E-state index >= 15 is 0 Å². The number of alkyl halides is 3.